The number of aromatic amines is 2. The number of aromatic nitrogens is 2. The molecule has 312 valence electrons. The third kappa shape index (κ3) is 11.8. The van der Waals surface area contributed by atoms with Crippen molar-refractivity contribution < 1.29 is 9.47 Å². The van der Waals surface area contributed by atoms with Crippen LogP contribution in [-0.4, -0.2) is 34.6 Å². The van der Waals surface area contributed by atoms with Crippen molar-refractivity contribution in [2.75, 3.05) is 13.2 Å². The Kier molecular flexibility index (Phi) is 16.1. The standard InChI is InChI=1S/C54H64N4O2/c1-3-5-7-9-11-13-15-17-19-21-37-59-43-27-23-25-41(39-43)53-49-33-29-45(55-49)47-31-35-51(57-47)54(52-36-32-48(58-52)46-30-34-50(53)56-46)42-26-24-28-44(40-42)60-38-22-20-18-16-14-12-10-8-6-4-2/h3-4,23-36,39-40,55,57H,1-2,5-22,37-38H2. The van der Waals surface area contributed by atoms with E-state index in [2.05, 4.69) is 120 Å². The maximum Gasteiger partial charge on any atom is 0.119 e. The summed E-state index contributed by atoms with van der Waals surface area (Å²) < 4.78 is 12.6. The highest BCUT2D eigenvalue weighted by Gasteiger charge is 2.21. The minimum absolute atomic E-state index is 0.720. The van der Waals surface area contributed by atoms with E-state index in [9.17, 15) is 0 Å². The van der Waals surface area contributed by atoms with Gasteiger partial charge in [0.25, 0.3) is 0 Å². The number of allylic oxidation sites excluding steroid dienone is 6. The topological polar surface area (TPSA) is 74.8 Å². The summed E-state index contributed by atoms with van der Waals surface area (Å²) in [5, 5.41) is 3.99. The maximum atomic E-state index is 6.31. The van der Waals surface area contributed by atoms with Gasteiger partial charge in [0.2, 0.25) is 0 Å². The van der Waals surface area contributed by atoms with Crippen molar-refractivity contribution in [3.8, 4) is 11.5 Å². The zero-order chi connectivity index (χ0) is 41.2. The van der Waals surface area contributed by atoms with Crippen LogP contribution in [0.15, 0.2) is 144 Å². The second-order valence-electron chi connectivity index (χ2n) is 16.3. The first-order valence-electron chi connectivity index (χ1n) is 22.8. The van der Waals surface area contributed by atoms with Crippen LogP contribution in [0.25, 0.3) is 11.1 Å². The number of aliphatic imine (C=N–C) groups is 2. The fraction of sp³-hybridized carbons (Fsp3) is 0.370. The second kappa shape index (κ2) is 22.7. The van der Waals surface area contributed by atoms with Gasteiger partial charge in [-0.1, -0.05) is 113 Å². The Morgan fingerprint density at radius 1 is 0.433 bits per heavy atom. The third-order valence-corrected chi connectivity index (χ3v) is 11.6. The van der Waals surface area contributed by atoms with Gasteiger partial charge < -0.3 is 19.4 Å². The van der Waals surface area contributed by atoms with Crippen LogP contribution in [0.2, 0.25) is 0 Å². The van der Waals surface area contributed by atoms with Crippen molar-refractivity contribution in [3.05, 3.63) is 166 Å². The van der Waals surface area contributed by atoms with E-state index in [4.69, 9.17) is 19.5 Å². The smallest absolute Gasteiger partial charge is 0.119 e. The number of benzene rings is 2. The zero-order valence-electron chi connectivity index (χ0n) is 35.7. The van der Waals surface area contributed by atoms with Gasteiger partial charge in [0.15, 0.2) is 0 Å². The Labute approximate surface area is 357 Å². The molecule has 2 aromatic carbocycles. The van der Waals surface area contributed by atoms with Crippen LogP contribution < -0.4 is 20.2 Å². The third-order valence-electron chi connectivity index (χ3n) is 11.6. The number of nitrogens with zero attached hydrogens (tertiary/aromatic N) is 2. The fourth-order valence-electron chi connectivity index (χ4n) is 8.33. The van der Waals surface area contributed by atoms with E-state index in [1.165, 1.54) is 89.9 Å². The van der Waals surface area contributed by atoms with E-state index in [0.717, 1.165) is 117 Å². The van der Waals surface area contributed by atoms with Crippen LogP contribution in [0.1, 0.15) is 127 Å². The molecule has 6 nitrogen and oxygen atoms in total. The Morgan fingerprint density at radius 3 is 1.23 bits per heavy atom. The van der Waals surface area contributed by atoms with Crippen LogP contribution >= 0.6 is 0 Å². The molecule has 5 heterocycles. The Morgan fingerprint density at radius 2 is 0.817 bits per heavy atom. The number of hydrogen-bond donors (Lipinski definition) is 2. The first-order chi connectivity index (χ1) is 29.7. The molecule has 2 N–H and O–H groups in total. The van der Waals surface area contributed by atoms with Crippen LogP contribution in [0.3, 0.4) is 0 Å². The highest BCUT2D eigenvalue weighted by molar-refractivity contribution is 6.31. The molecule has 0 radical (unpaired) electrons. The molecule has 3 aliphatic heterocycles. The maximum absolute atomic E-state index is 6.31. The molecule has 60 heavy (non-hydrogen) atoms. The molecular weight excluding hydrogens is 737 g/mol. The molecule has 0 atom stereocenters. The van der Waals surface area contributed by atoms with Gasteiger partial charge in [-0.3, -0.25) is 0 Å². The average molecular weight is 801 g/mol. The summed E-state index contributed by atoms with van der Waals surface area (Å²) >= 11 is 0. The SMILES string of the molecule is C=CCCCCCCCCCCOc1cccc(C2=c3ccc([nH]3)=c3ccc([nH]3)=C(c3cccc(OCCCCCCCCCCC=C)c3)C3=NC(=C4C=CC2=N4)C=C3)c1. The number of hydrogen-bond acceptors (Lipinski definition) is 4. The second-order valence-corrected chi connectivity index (χ2v) is 16.3. The molecule has 4 aromatic rings. The first kappa shape index (κ1) is 42.5. The number of H-pyrrole nitrogens is 2. The zero-order valence-corrected chi connectivity index (χ0v) is 35.7. The lowest BCUT2D eigenvalue weighted by Crippen LogP contribution is -2.15. The van der Waals surface area contributed by atoms with Gasteiger partial charge in [0.1, 0.15) is 11.5 Å². The predicted octanol–water partition coefficient (Wildman–Crippen LogP) is 12.4. The van der Waals surface area contributed by atoms with Crippen LogP contribution in [0, 0.1) is 10.7 Å². The molecule has 0 aliphatic carbocycles. The average Bonchev–Trinajstić information content (AvgIpc) is 4.11. The molecule has 0 fully saturated rings. The Bertz CT molecular complexity index is 2280. The fourth-order valence-corrected chi connectivity index (χ4v) is 8.33. The Hall–Kier alpha value is -5.62. The molecule has 0 amide bonds. The van der Waals surface area contributed by atoms with E-state index < -0.39 is 0 Å². The van der Waals surface area contributed by atoms with Gasteiger partial charge in [0, 0.05) is 21.8 Å². The minimum Gasteiger partial charge on any atom is -0.494 e. The summed E-state index contributed by atoms with van der Waals surface area (Å²) in [6.07, 6.45) is 34.9. The van der Waals surface area contributed by atoms with Crippen molar-refractivity contribution in [2.24, 2.45) is 9.98 Å². The van der Waals surface area contributed by atoms with Gasteiger partial charge in [-0.25, -0.2) is 9.98 Å². The van der Waals surface area contributed by atoms with Crippen molar-refractivity contribution in [2.45, 2.75) is 116 Å². The van der Waals surface area contributed by atoms with Gasteiger partial charge in [0.05, 0.1) is 46.7 Å². The van der Waals surface area contributed by atoms with E-state index in [1.54, 1.807) is 0 Å². The van der Waals surface area contributed by atoms with Crippen LogP contribution in [0.4, 0.5) is 0 Å². The molecule has 0 unspecified atom stereocenters. The summed E-state index contributed by atoms with van der Waals surface area (Å²) in [5.41, 5.74) is 7.64. The molecule has 2 aromatic heterocycles. The summed E-state index contributed by atoms with van der Waals surface area (Å²) in [6.45, 7) is 9.09. The normalized spacial score (nSPS) is 14.1. The lowest BCUT2D eigenvalue weighted by atomic mass is 10.0. The number of unbranched alkanes of at least 4 members (excludes halogenated alkanes) is 16. The van der Waals surface area contributed by atoms with Gasteiger partial charge in [-0.05, 0) is 122 Å². The quantitative estimate of drug-likeness (QED) is 0.0490. The number of nitrogens with one attached hydrogen (secondary N) is 2. The van der Waals surface area contributed by atoms with Gasteiger partial charge >= 0.3 is 0 Å². The van der Waals surface area contributed by atoms with Crippen molar-refractivity contribution in [1.82, 2.24) is 9.97 Å². The number of ether oxygens (including phenoxy) is 2. The van der Waals surface area contributed by atoms with E-state index in [1.807, 2.05) is 12.2 Å². The van der Waals surface area contributed by atoms with Crippen LogP contribution in [-0.2, 0) is 0 Å². The minimum atomic E-state index is 0.720. The van der Waals surface area contributed by atoms with Gasteiger partial charge in [-0.2, -0.15) is 0 Å². The molecule has 7 rings (SSSR count). The van der Waals surface area contributed by atoms with Crippen molar-refractivity contribution in [1.29, 1.82) is 0 Å². The summed E-state index contributed by atoms with van der Waals surface area (Å²) in [4.78, 5) is 17.9. The summed E-state index contributed by atoms with van der Waals surface area (Å²) in [5.74, 6) is 1.76. The highest BCUT2D eigenvalue weighted by Crippen LogP contribution is 2.30. The lowest BCUT2D eigenvalue weighted by molar-refractivity contribution is 0.304. The molecular formula is C54H64N4O2. The summed E-state index contributed by atoms with van der Waals surface area (Å²) in [7, 11) is 0. The number of rotatable bonds is 26. The van der Waals surface area contributed by atoms with Crippen LogP contribution in [0.5, 0.6) is 11.5 Å². The molecule has 0 saturated carbocycles. The molecule has 3 aliphatic rings. The molecule has 6 heteroatoms. The van der Waals surface area contributed by atoms with Gasteiger partial charge in [-0.15, -0.1) is 13.2 Å². The molecule has 0 saturated heterocycles. The molecule has 0 spiro atoms. The van der Waals surface area contributed by atoms with E-state index in [0.29, 0.717) is 0 Å². The first-order valence-corrected chi connectivity index (χ1v) is 22.8. The lowest BCUT2D eigenvalue weighted by Gasteiger charge is -2.11. The highest BCUT2D eigenvalue weighted by atomic mass is 16.5. The van der Waals surface area contributed by atoms with E-state index >= 15 is 0 Å². The number of fused-ring (bicyclic) bond motifs is 6. The largest absolute Gasteiger partial charge is 0.494 e. The Balaban J connectivity index is 1.08. The summed E-state index contributed by atoms with van der Waals surface area (Å²) in [6, 6.07) is 25.5. The van der Waals surface area contributed by atoms with Crippen molar-refractivity contribution >= 4 is 22.6 Å². The monoisotopic (exact) mass is 801 g/mol. The van der Waals surface area contributed by atoms with Crippen molar-refractivity contribution in [3.63, 3.8) is 0 Å². The predicted molar refractivity (Wildman–Crippen MR) is 251 cm³/mol. The molecule has 8 bridgehead atoms. The van der Waals surface area contributed by atoms with E-state index in [-0.39, 0.29) is 0 Å².